The minimum absolute atomic E-state index is 0.199. The van der Waals surface area contributed by atoms with Crippen LogP contribution in [0.2, 0.25) is 0 Å². The van der Waals surface area contributed by atoms with Crippen molar-refractivity contribution in [3.8, 4) is 18.1 Å². The predicted octanol–water partition coefficient (Wildman–Crippen LogP) is 1.52. The monoisotopic (exact) mass is 275 g/mol. The van der Waals surface area contributed by atoms with E-state index in [0.717, 1.165) is 18.4 Å². The van der Waals surface area contributed by atoms with Crippen LogP contribution in [0, 0.1) is 12.3 Å². The Balaban J connectivity index is 2.48. The first-order chi connectivity index (χ1) is 9.52. The number of amides is 1. The number of hydrogen-bond acceptors (Lipinski definition) is 3. The van der Waals surface area contributed by atoms with Gasteiger partial charge in [0.2, 0.25) is 0 Å². The lowest BCUT2D eigenvalue weighted by atomic mass is 10.1. The maximum absolute atomic E-state index is 11.6. The standard InChI is InChI=1S/C16H21NO3/c1-4-11-17-16(19)13(3)20-15-9-7-14(8-10-15)6-5-12(2)18/h1,7-10,12-13,18H,5-6,11H2,2-3H3,(H,17,19). The van der Waals surface area contributed by atoms with Crippen LogP contribution in [0.3, 0.4) is 0 Å². The highest BCUT2D eigenvalue weighted by Crippen LogP contribution is 2.15. The molecule has 2 N–H and O–H groups in total. The van der Waals surface area contributed by atoms with Gasteiger partial charge in [-0.1, -0.05) is 18.1 Å². The van der Waals surface area contributed by atoms with Gasteiger partial charge < -0.3 is 15.2 Å². The summed E-state index contributed by atoms with van der Waals surface area (Å²) in [6, 6.07) is 7.51. The topological polar surface area (TPSA) is 58.6 Å². The number of carbonyl (C=O) groups is 1. The fourth-order valence-corrected chi connectivity index (χ4v) is 1.65. The van der Waals surface area contributed by atoms with Gasteiger partial charge in [-0.05, 0) is 44.4 Å². The summed E-state index contributed by atoms with van der Waals surface area (Å²) in [5.41, 5.74) is 1.13. The number of aliphatic hydroxyl groups excluding tert-OH is 1. The molecule has 0 aromatic heterocycles. The van der Waals surface area contributed by atoms with Crippen LogP contribution in [0.1, 0.15) is 25.8 Å². The number of ether oxygens (including phenoxy) is 1. The summed E-state index contributed by atoms with van der Waals surface area (Å²) >= 11 is 0. The number of aliphatic hydroxyl groups is 1. The third-order valence-corrected chi connectivity index (χ3v) is 2.82. The fraction of sp³-hybridized carbons (Fsp3) is 0.438. The first-order valence-electron chi connectivity index (χ1n) is 6.67. The van der Waals surface area contributed by atoms with Crippen molar-refractivity contribution in [3.63, 3.8) is 0 Å². The van der Waals surface area contributed by atoms with E-state index in [1.54, 1.807) is 13.8 Å². The third-order valence-electron chi connectivity index (χ3n) is 2.82. The van der Waals surface area contributed by atoms with Crippen LogP contribution < -0.4 is 10.1 Å². The van der Waals surface area contributed by atoms with Crippen LogP contribution in [-0.4, -0.2) is 29.8 Å². The maximum Gasteiger partial charge on any atom is 0.261 e. The molecule has 108 valence electrons. The van der Waals surface area contributed by atoms with Crippen LogP contribution in [0.5, 0.6) is 5.75 Å². The van der Waals surface area contributed by atoms with Gasteiger partial charge in [0.05, 0.1) is 12.6 Å². The largest absolute Gasteiger partial charge is 0.481 e. The van der Waals surface area contributed by atoms with Crippen LogP contribution in [0.4, 0.5) is 0 Å². The number of benzene rings is 1. The number of carbonyl (C=O) groups excluding carboxylic acids is 1. The van der Waals surface area contributed by atoms with Gasteiger partial charge in [-0.2, -0.15) is 0 Å². The van der Waals surface area contributed by atoms with E-state index < -0.39 is 6.10 Å². The summed E-state index contributed by atoms with van der Waals surface area (Å²) in [5.74, 6) is 2.74. The maximum atomic E-state index is 11.6. The van der Waals surface area contributed by atoms with Crippen LogP contribution in [0.25, 0.3) is 0 Å². The SMILES string of the molecule is C#CCNC(=O)C(C)Oc1ccc(CCC(C)O)cc1. The molecule has 1 rings (SSSR count). The smallest absolute Gasteiger partial charge is 0.261 e. The molecule has 0 saturated carbocycles. The van der Waals surface area contributed by atoms with Gasteiger partial charge in [0.1, 0.15) is 5.75 Å². The zero-order chi connectivity index (χ0) is 15.0. The molecule has 1 aromatic carbocycles. The molecule has 2 atom stereocenters. The van der Waals surface area contributed by atoms with Gasteiger partial charge in [-0.15, -0.1) is 6.42 Å². The van der Waals surface area contributed by atoms with Crippen molar-refractivity contribution < 1.29 is 14.6 Å². The van der Waals surface area contributed by atoms with Gasteiger partial charge in [0.15, 0.2) is 6.10 Å². The molecule has 2 unspecified atom stereocenters. The summed E-state index contributed by atoms with van der Waals surface area (Å²) in [4.78, 5) is 11.6. The molecule has 0 fully saturated rings. The molecule has 0 saturated heterocycles. The quantitative estimate of drug-likeness (QED) is 0.742. The number of aryl methyl sites for hydroxylation is 1. The summed E-state index contributed by atoms with van der Waals surface area (Å²) in [6.45, 7) is 3.64. The van der Waals surface area contributed by atoms with E-state index in [-0.39, 0.29) is 18.6 Å². The van der Waals surface area contributed by atoms with E-state index in [9.17, 15) is 9.90 Å². The summed E-state index contributed by atoms with van der Waals surface area (Å²) < 4.78 is 5.52. The Labute approximate surface area is 120 Å². The molecule has 0 aliphatic rings. The Kier molecular flexibility index (Phi) is 6.61. The lowest BCUT2D eigenvalue weighted by Crippen LogP contribution is -2.36. The molecule has 4 heteroatoms. The Bertz CT molecular complexity index is 460. The van der Waals surface area contributed by atoms with Crippen molar-refractivity contribution in [1.82, 2.24) is 5.32 Å². The van der Waals surface area contributed by atoms with E-state index >= 15 is 0 Å². The van der Waals surface area contributed by atoms with Crippen molar-refractivity contribution in [2.45, 2.75) is 38.9 Å². The van der Waals surface area contributed by atoms with Gasteiger partial charge >= 0.3 is 0 Å². The van der Waals surface area contributed by atoms with Crippen molar-refractivity contribution >= 4 is 5.91 Å². The second-order valence-electron chi connectivity index (χ2n) is 4.71. The Morgan fingerprint density at radius 1 is 1.40 bits per heavy atom. The molecule has 0 aliphatic heterocycles. The molecule has 4 nitrogen and oxygen atoms in total. The van der Waals surface area contributed by atoms with Crippen LogP contribution in [0.15, 0.2) is 24.3 Å². The Morgan fingerprint density at radius 2 is 2.05 bits per heavy atom. The average molecular weight is 275 g/mol. The van der Waals surface area contributed by atoms with E-state index in [4.69, 9.17) is 11.2 Å². The van der Waals surface area contributed by atoms with Gasteiger partial charge in [-0.25, -0.2) is 0 Å². The molecular weight excluding hydrogens is 254 g/mol. The number of terminal acetylenes is 1. The molecular formula is C16H21NO3. The minimum Gasteiger partial charge on any atom is -0.481 e. The van der Waals surface area contributed by atoms with Crippen LogP contribution >= 0.6 is 0 Å². The molecule has 1 amide bonds. The highest BCUT2D eigenvalue weighted by molar-refractivity contribution is 5.80. The van der Waals surface area contributed by atoms with Crippen molar-refractivity contribution in [2.75, 3.05) is 6.54 Å². The Hall–Kier alpha value is -1.99. The zero-order valence-corrected chi connectivity index (χ0v) is 11.9. The lowest BCUT2D eigenvalue weighted by Gasteiger charge is -2.14. The lowest BCUT2D eigenvalue weighted by molar-refractivity contribution is -0.126. The van der Waals surface area contributed by atoms with Gasteiger partial charge in [0.25, 0.3) is 5.91 Å². The van der Waals surface area contributed by atoms with Crippen molar-refractivity contribution in [1.29, 1.82) is 0 Å². The number of rotatable bonds is 7. The second kappa shape index (κ2) is 8.23. The summed E-state index contributed by atoms with van der Waals surface area (Å²) in [6.07, 6.45) is 5.72. The molecule has 0 aliphatic carbocycles. The second-order valence-corrected chi connectivity index (χ2v) is 4.71. The van der Waals surface area contributed by atoms with Crippen molar-refractivity contribution in [2.24, 2.45) is 0 Å². The number of nitrogens with one attached hydrogen (secondary N) is 1. The molecule has 0 bridgehead atoms. The average Bonchev–Trinajstić information content (AvgIpc) is 2.43. The highest BCUT2D eigenvalue weighted by Gasteiger charge is 2.13. The van der Waals surface area contributed by atoms with E-state index in [2.05, 4.69) is 11.2 Å². The molecule has 20 heavy (non-hydrogen) atoms. The normalized spacial score (nSPS) is 13.1. The zero-order valence-electron chi connectivity index (χ0n) is 11.9. The third kappa shape index (κ3) is 5.77. The van der Waals surface area contributed by atoms with Crippen LogP contribution in [-0.2, 0) is 11.2 Å². The molecule has 1 aromatic rings. The minimum atomic E-state index is -0.591. The van der Waals surface area contributed by atoms with E-state index in [1.165, 1.54) is 0 Å². The molecule has 0 radical (unpaired) electrons. The van der Waals surface area contributed by atoms with E-state index in [1.807, 2.05) is 24.3 Å². The summed E-state index contributed by atoms with van der Waals surface area (Å²) in [5, 5.41) is 11.8. The number of hydrogen-bond donors (Lipinski definition) is 2. The van der Waals surface area contributed by atoms with Gasteiger partial charge in [-0.3, -0.25) is 4.79 Å². The van der Waals surface area contributed by atoms with E-state index in [0.29, 0.717) is 5.75 Å². The van der Waals surface area contributed by atoms with Crippen molar-refractivity contribution in [3.05, 3.63) is 29.8 Å². The first kappa shape index (κ1) is 16.1. The fourth-order valence-electron chi connectivity index (χ4n) is 1.65. The van der Waals surface area contributed by atoms with Gasteiger partial charge in [0, 0.05) is 0 Å². The first-order valence-corrected chi connectivity index (χ1v) is 6.67. The Morgan fingerprint density at radius 3 is 2.60 bits per heavy atom. The molecule has 0 heterocycles. The predicted molar refractivity (Wildman–Crippen MR) is 78.4 cm³/mol. The molecule has 0 spiro atoms. The highest BCUT2D eigenvalue weighted by atomic mass is 16.5. The summed E-state index contributed by atoms with van der Waals surface area (Å²) in [7, 11) is 0.